The van der Waals surface area contributed by atoms with E-state index in [-0.39, 0.29) is 22.8 Å². The fourth-order valence-corrected chi connectivity index (χ4v) is 3.58. The Morgan fingerprint density at radius 2 is 2.09 bits per heavy atom. The van der Waals surface area contributed by atoms with Gasteiger partial charge in [0.05, 0.1) is 23.7 Å². The van der Waals surface area contributed by atoms with Gasteiger partial charge in [-0.05, 0) is 25.8 Å². The first-order chi connectivity index (χ1) is 10.5. The molecule has 2 fully saturated rings. The molecule has 1 saturated heterocycles. The van der Waals surface area contributed by atoms with Crippen LogP contribution in [0.2, 0.25) is 0 Å². The highest BCUT2D eigenvalue weighted by atomic mass is 16.6. The van der Waals surface area contributed by atoms with E-state index in [1.165, 1.54) is 0 Å². The molecule has 1 aromatic carbocycles. The number of hydrogen-bond acceptors (Lipinski definition) is 4. The molecule has 0 radical (unpaired) electrons. The normalized spacial score (nSPS) is 20.3. The monoisotopic (exact) mass is 304 g/mol. The first kappa shape index (κ1) is 15.0. The second-order valence-electron chi connectivity index (χ2n) is 6.19. The van der Waals surface area contributed by atoms with E-state index in [0.29, 0.717) is 25.3 Å². The maximum atomic E-state index is 12.8. The minimum absolute atomic E-state index is 0.0838. The molecule has 0 N–H and O–H groups in total. The number of benzene rings is 1. The molecule has 6 nitrogen and oxygen atoms in total. The Kier molecular flexibility index (Phi) is 3.87. The zero-order valence-corrected chi connectivity index (χ0v) is 12.7. The van der Waals surface area contributed by atoms with Gasteiger partial charge in [0.2, 0.25) is 0 Å². The Bertz CT molecular complexity index is 608. The summed E-state index contributed by atoms with van der Waals surface area (Å²) in [7, 11) is 0. The lowest BCUT2D eigenvalue weighted by atomic mass is 9.98. The summed E-state index contributed by atoms with van der Waals surface area (Å²) in [6, 6.07) is 4.90. The van der Waals surface area contributed by atoms with Crippen molar-refractivity contribution < 1.29 is 14.5 Å². The topological polar surface area (TPSA) is 72.7 Å². The van der Waals surface area contributed by atoms with Gasteiger partial charge in [-0.15, -0.1) is 0 Å². The molecule has 1 saturated carbocycles. The van der Waals surface area contributed by atoms with Crippen molar-refractivity contribution in [2.75, 3.05) is 19.7 Å². The molecule has 0 bridgehead atoms. The maximum absolute atomic E-state index is 12.8. The van der Waals surface area contributed by atoms with E-state index < -0.39 is 4.92 Å². The number of carbonyl (C=O) groups excluding carboxylic acids is 1. The largest absolute Gasteiger partial charge is 0.371 e. The molecule has 3 rings (SSSR count). The summed E-state index contributed by atoms with van der Waals surface area (Å²) in [6.45, 7) is 3.20. The molecule has 1 amide bonds. The van der Waals surface area contributed by atoms with Gasteiger partial charge in [0.15, 0.2) is 0 Å². The summed E-state index contributed by atoms with van der Waals surface area (Å²) in [5.41, 5.74) is 0.381. The number of nitro groups is 1. The fraction of sp³-hybridized carbons (Fsp3) is 0.562. The molecule has 1 aromatic rings. The molecular weight excluding hydrogens is 284 g/mol. The average molecular weight is 304 g/mol. The minimum atomic E-state index is -0.464. The Morgan fingerprint density at radius 3 is 2.77 bits per heavy atom. The maximum Gasteiger partial charge on any atom is 0.285 e. The first-order valence-electron chi connectivity index (χ1n) is 7.70. The lowest BCUT2D eigenvalue weighted by Crippen LogP contribution is -2.52. The van der Waals surface area contributed by atoms with Crippen molar-refractivity contribution in [3.8, 4) is 0 Å². The van der Waals surface area contributed by atoms with Crippen LogP contribution in [0.5, 0.6) is 0 Å². The molecule has 1 aliphatic carbocycles. The Morgan fingerprint density at radius 1 is 1.36 bits per heavy atom. The molecule has 0 aromatic heterocycles. The van der Waals surface area contributed by atoms with E-state index in [9.17, 15) is 14.9 Å². The van der Waals surface area contributed by atoms with Gasteiger partial charge in [0.1, 0.15) is 5.56 Å². The fourth-order valence-electron chi connectivity index (χ4n) is 3.58. The summed E-state index contributed by atoms with van der Waals surface area (Å²) < 4.78 is 5.92. The van der Waals surface area contributed by atoms with Crippen LogP contribution in [0.15, 0.2) is 18.2 Å². The molecule has 6 heteroatoms. The van der Waals surface area contributed by atoms with Crippen molar-refractivity contribution in [3.63, 3.8) is 0 Å². The molecular formula is C16H20N2O4. The van der Waals surface area contributed by atoms with Gasteiger partial charge in [-0.25, -0.2) is 0 Å². The van der Waals surface area contributed by atoms with E-state index in [4.69, 9.17) is 4.74 Å². The number of ether oxygens (including phenoxy) is 1. The predicted molar refractivity (Wildman–Crippen MR) is 80.9 cm³/mol. The molecule has 1 heterocycles. The summed E-state index contributed by atoms with van der Waals surface area (Å²) in [5, 5.41) is 11.3. The third-order valence-corrected chi connectivity index (χ3v) is 4.70. The number of morpholine rings is 1. The van der Waals surface area contributed by atoms with Crippen LogP contribution in [0.1, 0.15) is 41.6 Å². The Labute approximate surface area is 129 Å². The van der Waals surface area contributed by atoms with Crippen LogP contribution >= 0.6 is 0 Å². The van der Waals surface area contributed by atoms with Crippen LogP contribution < -0.4 is 0 Å². The van der Waals surface area contributed by atoms with E-state index in [2.05, 4.69) is 0 Å². The quantitative estimate of drug-likeness (QED) is 0.622. The van der Waals surface area contributed by atoms with E-state index >= 15 is 0 Å². The highest BCUT2D eigenvalue weighted by Gasteiger charge is 2.41. The standard InChI is InChI=1S/C16H20N2O4/c1-12-5-4-6-13(14(12)18(20)21)15(19)17-9-10-22-16(11-17)7-2-3-8-16/h4-6H,2-3,7-11H2,1H3. The second kappa shape index (κ2) is 5.68. The average Bonchev–Trinajstić information content (AvgIpc) is 2.93. The lowest BCUT2D eigenvalue weighted by molar-refractivity contribution is -0.385. The van der Waals surface area contributed by atoms with Crippen molar-refractivity contribution in [1.82, 2.24) is 4.90 Å². The van der Waals surface area contributed by atoms with Crippen LogP contribution in [0.3, 0.4) is 0 Å². The molecule has 0 atom stereocenters. The van der Waals surface area contributed by atoms with Crippen LogP contribution in [0.4, 0.5) is 5.69 Å². The highest BCUT2D eigenvalue weighted by Crippen LogP contribution is 2.36. The molecule has 22 heavy (non-hydrogen) atoms. The number of nitro benzene ring substituents is 1. The van der Waals surface area contributed by atoms with Crippen LogP contribution in [-0.4, -0.2) is 41.0 Å². The minimum Gasteiger partial charge on any atom is -0.371 e. The second-order valence-corrected chi connectivity index (χ2v) is 6.19. The van der Waals surface area contributed by atoms with Crippen LogP contribution in [0, 0.1) is 17.0 Å². The summed E-state index contributed by atoms with van der Waals surface area (Å²) in [6.07, 6.45) is 4.17. The van der Waals surface area contributed by atoms with Gasteiger partial charge in [-0.1, -0.05) is 25.0 Å². The molecule has 1 spiro atoms. The van der Waals surface area contributed by atoms with E-state index in [1.54, 1.807) is 30.0 Å². The van der Waals surface area contributed by atoms with Crippen molar-refractivity contribution in [2.45, 2.75) is 38.2 Å². The summed E-state index contributed by atoms with van der Waals surface area (Å²) >= 11 is 0. The Hall–Kier alpha value is -1.95. The first-order valence-corrected chi connectivity index (χ1v) is 7.70. The predicted octanol–water partition coefficient (Wildman–Crippen LogP) is 2.69. The van der Waals surface area contributed by atoms with Crippen molar-refractivity contribution >= 4 is 11.6 Å². The number of rotatable bonds is 2. The highest BCUT2D eigenvalue weighted by molar-refractivity contribution is 5.98. The Balaban J connectivity index is 1.88. The zero-order valence-electron chi connectivity index (χ0n) is 12.7. The summed E-state index contributed by atoms with van der Waals surface area (Å²) in [4.78, 5) is 25.3. The zero-order chi connectivity index (χ0) is 15.7. The van der Waals surface area contributed by atoms with Gasteiger partial charge in [0, 0.05) is 12.1 Å². The van der Waals surface area contributed by atoms with Crippen molar-refractivity contribution in [2.24, 2.45) is 0 Å². The summed E-state index contributed by atoms with van der Waals surface area (Å²) in [5.74, 6) is -0.259. The third-order valence-electron chi connectivity index (χ3n) is 4.70. The van der Waals surface area contributed by atoms with Crippen molar-refractivity contribution in [3.05, 3.63) is 39.4 Å². The number of aryl methyl sites for hydroxylation is 1. The number of hydrogen-bond donors (Lipinski definition) is 0. The van der Waals surface area contributed by atoms with Crippen LogP contribution in [-0.2, 0) is 4.74 Å². The number of carbonyl (C=O) groups is 1. The van der Waals surface area contributed by atoms with Crippen LogP contribution in [0.25, 0.3) is 0 Å². The number of amides is 1. The lowest BCUT2D eigenvalue weighted by Gasteiger charge is -2.40. The smallest absolute Gasteiger partial charge is 0.285 e. The molecule has 2 aliphatic rings. The number of nitrogens with zero attached hydrogens (tertiary/aromatic N) is 2. The number of para-hydroxylation sites is 1. The van der Waals surface area contributed by atoms with Gasteiger partial charge in [-0.2, -0.15) is 0 Å². The van der Waals surface area contributed by atoms with Crippen molar-refractivity contribution in [1.29, 1.82) is 0 Å². The van der Waals surface area contributed by atoms with Gasteiger partial charge >= 0.3 is 0 Å². The van der Waals surface area contributed by atoms with Gasteiger partial charge in [-0.3, -0.25) is 14.9 Å². The van der Waals surface area contributed by atoms with E-state index in [0.717, 1.165) is 25.7 Å². The molecule has 1 aliphatic heterocycles. The van der Waals surface area contributed by atoms with E-state index in [1.807, 2.05) is 0 Å². The van der Waals surface area contributed by atoms with Gasteiger partial charge in [0.25, 0.3) is 11.6 Å². The third kappa shape index (κ3) is 2.59. The van der Waals surface area contributed by atoms with Gasteiger partial charge < -0.3 is 9.64 Å². The SMILES string of the molecule is Cc1cccc(C(=O)N2CCOC3(CCCC3)C2)c1[N+](=O)[O-]. The molecule has 118 valence electrons. The molecule has 0 unspecified atom stereocenters.